The molecule has 1 fully saturated rings. The maximum Gasteiger partial charge on any atom is 0.357 e. The van der Waals surface area contributed by atoms with Gasteiger partial charge in [-0.25, -0.2) is 4.79 Å². The van der Waals surface area contributed by atoms with Gasteiger partial charge in [0.15, 0.2) is 5.70 Å². The third-order valence-corrected chi connectivity index (χ3v) is 3.58. The van der Waals surface area contributed by atoms with Crippen LogP contribution in [0.2, 0.25) is 0 Å². The van der Waals surface area contributed by atoms with E-state index in [0.29, 0.717) is 10.6 Å². The van der Waals surface area contributed by atoms with Gasteiger partial charge >= 0.3 is 5.97 Å². The number of carbonyl (C=O) groups excluding carboxylic acids is 3. The Bertz CT molecular complexity index is 598. The molecule has 0 saturated carbocycles. The van der Waals surface area contributed by atoms with Crippen molar-refractivity contribution in [1.29, 1.82) is 0 Å². The second kappa shape index (κ2) is 6.94. The van der Waals surface area contributed by atoms with Crippen LogP contribution in [-0.4, -0.2) is 30.1 Å². The summed E-state index contributed by atoms with van der Waals surface area (Å²) in [6, 6.07) is 8.48. The molecule has 0 unspecified atom stereocenters. The van der Waals surface area contributed by atoms with Gasteiger partial charge in [0.2, 0.25) is 5.91 Å². The van der Waals surface area contributed by atoms with Crippen molar-refractivity contribution < 1.29 is 19.1 Å². The lowest BCUT2D eigenvalue weighted by Gasteiger charge is -2.11. The number of hydrogen-bond donors (Lipinski definition) is 2. The van der Waals surface area contributed by atoms with Gasteiger partial charge in [-0.15, -0.1) is 0 Å². The lowest BCUT2D eigenvalue weighted by molar-refractivity contribution is -0.138. The predicted molar refractivity (Wildman–Crippen MR) is 78.2 cm³/mol. The van der Waals surface area contributed by atoms with Crippen molar-refractivity contribution in [2.75, 3.05) is 12.4 Å². The summed E-state index contributed by atoms with van der Waals surface area (Å²) in [7, 11) is 0. The van der Waals surface area contributed by atoms with Crippen molar-refractivity contribution in [1.82, 2.24) is 10.6 Å². The molecule has 0 spiro atoms. The summed E-state index contributed by atoms with van der Waals surface area (Å²) in [4.78, 5) is 35.3. The van der Waals surface area contributed by atoms with E-state index in [-0.39, 0.29) is 24.0 Å². The lowest BCUT2D eigenvalue weighted by atomic mass is 10.2. The zero-order chi connectivity index (χ0) is 15.2. The summed E-state index contributed by atoms with van der Waals surface area (Å²) in [5, 5.41) is 5.36. The molecule has 0 bridgehead atoms. The zero-order valence-corrected chi connectivity index (χ0v) is 12.2. The average molecular weight is 306 g/mol. The van der Waals surface area contributed by atoms with Gasteiger partial charge in [-0.05, 0) is 19.1 Å². The van der Waals surface area contributed by atoms with Crippen molar-refractivity contribution in [3.63, 3.8) is 0 Å². The highest BCUT2D eigenvalue weighted by atomic mass is 32.2. The molecule has 0 radical (unpaired) electrons. The molecule has 2 N–H and O–H groups in total. The molecule has 21 heavy (non-hydrogen) atoms. The molecule has 6 nitrogen and oxygen atoms in total. The van der Waals surface area contributed by atoms with Crippen molar-refractivity contribution >= 4 is 29.5 Å². The number of amides is 2. The minimum absolute atomic E-state index is 0.0402. The number of thioether (sulfide) groups is 1. The van der Waals surface area contributed by atoms with Crippen molar-refractivity contribution in [2.24, 2.45) is 0 Å². The van der Waals surface area contributed by atoms with E-state index in [1.165, 1.54) is 0 Å². The molecule has 1 saturated heterocycles. The molecule has 1 aliphatic heterocycles. The second-order valence-corrected chi connectivity index (χ2v) is 5.07. The van der Waals surface area contributed by atoms with Crippen molar-refractivity contribution in [3.05, 3.63) is 46.6 Å². The molecule has 110 valence electrons. The number of hydrogen-bond acceptors (Lipinski definition) is 5. The van der Waals surface area contributed by atoms with Crippen LogP contribution in [0.3, 0.4) is 0 Å². The molecule has 1 aliphatic rings. The number of ether oxygens (including phenoxy) is 1. The van der Waals surface area contributed by atoms with Gasteiger partial charge in [-0.1, -0.05) is 30.0 Å². The Labute approximate surface area is 125 Å². The molecule has 0 atom stereocenters. The molecular weight excluding hydrogens is 292 g/mol. The lowest BCUT2D eigenvalue weighted by Crippen LogP contribution is -2.32. The molecule has 2 rings (SSSR count). The quantitative estimate of drug-likeness (QED) is 0.641. The maximum atomic E-state index is 12.1. The highest BCUT2D eigenvalue weighted by molar-refractivity contribution is 8.04. The minimum atomic E-state index is -0.675. The molecular formula is C14H14N2O4S. The Morgan fingerprint density at radius 3 is 2.62 bits per heavy atom. The van der Waals surface area contributed by atoms with Crippen LogP contribution in [0.1, 0.15) is 17.3 Å². The highest BCUT2D eigenvalue weighted by Crippen LogP contribution is 2.22. The first-order valence-electron chi connectivity index (χ1n) is 6.32. The third kappa shape index (κ3) is 3.85. The van der Waals surface area contributed by atoms with Gasteiger partial charge in [0.05, 0.1) is 12.4 Å². The van der Waals surface area contributed by atoms with Gasteiger partial charge in [-0.2, -0.15) is 0 Å². The first kappa shape index (κ1) is 15.1. The maximum absolute atomic E-state index is 12.1. The summed E-state index contributed by atoms with van der Waals surface area (Å²) in [6.45, 7) is 1.84. The van der Waals surface area contributed by atoms with Gasteiger partial charge in [0, 0.05) is 5.56 Å². The van der Waals surface area contributed by atoms with Crippen molar-refractivity contribution in [2.45, 2.75) is 6.92 Å². The fourth-order valence-corrected chi connectivity index (χ4v) is 2.46. The highest BCUT2D eigenvalue weighted by Gasteiger charge is 2.26. The Morgan fingerprint density at radius 2 is 2.05 bits per heavy atom. The smallest absolute Gasteiger partial charge is 0.357 e. The minimum Gasteiger partial charge on any atom is -0.461 e. The number of benzene rings is 1. The second-order valence-electron chi connectivity index (χ2n) is 4.08. The van der Waals surface area contributed by atoms with Crippen LogP contribution in [-0.2, 0) is 14.3 Å². The Balaban J connectivity index is 2.23. The van der Waals surface area contributed by atoms with Crippen LogP contribution in [0, 0.1) is 0 Å². The average Bonchev–Trinajstić information content (AvgIpc) is 2.92. The van der Waals surface area contributed by atoms with Crippen LogP contribution >= 0.6 is 11.8 Å². The number of carbonyl (C=O) groups is 3. The fraction of sp³-hybridized carbons (Fsp3) is 0.214. The molecule has 7 heteroatoms. The van der Waals surface area contributed by atoms with Crippen LogP contribution in [0.4, 0.5) is 0 Å². The summed E-state index contributed by atoms with van der Waals surface area (Å²) in [5.41, 5.74) is 0.371. The fourth-order valence-electron chi connectivity index (χ4n) is 1.65. The van der Waals surface area contributed by atoms with Gasteiger partial charge in [0.25, 0.3) is 5.91 Å². The SMILES string of the molecule is CCOC(=O)/C(NC(=O)c1ccccc1)=C1/NC(=O)CS1. The Hall–Kier alpha value is -2.28. The van der Waals surface area contributed by atoms with E-state index in [0.717, 1.165) is 11.8 Å². The van der Waals surface area contributed by atoms with E-state index in [1.807, 2.05) is 0 Å². The summed E-state index contributed by atoms with van der Waals surface area (Å²) in [6.07, 6.45) is 0. The molecule has 0 aliphatic carbocycles. The van der Waals surface area contributed by atoms with Crippen LogP contribution in [0.15, 0.2) is 41.1 Å². The number of esters is 1. The molecule has 1 aromatic carbocycles. The predicted octanol–water partition coefficient (Wildman–Crippen LogP) is 1.01. The van der Waals surface area contributed by atoms with Crippen LogP contribution in [0.25, 0.3) is 0 Å². The normalized spacial score (nSPS) is 16.1. The largest absolute Gasteiger partial charge is 0.461 e. The van der Waals surface area contributed by atoms with E-state index in [1.54, 1.807) is 37.3 Å². The Morgan fingerprint density at radius 1 is 1.33 bits per heavy atom. The molecule has 2 amide bonds. The molecule has 1 aromatic rings. The summed E-state index contributed by atoms with van der Waals surface area (Å²) < 4.78 is 4.91. The summed E-state index contributed by atoms with van der Waals surface area (Å²) in [5.74, 6) is -1.12. The van der Waals surface area contributed by atoms with Gasteiger partial charge < -0.3 is 15.4 Å². The van der Waals surface area contributed by atoms with E-state index < -0.39 is 11.9 Å². The van der Waals surface area contributed by atoms with E-state index >= 15 is 0 Å². The van der Waals surface area contributed by atoms with E-state index in [2.05, 4.69) is 10.6 Å². The number of nitrogens with one attached hydrogen (secondary N) is 2. The first-order valence-corrected chi connectivity index (χ1v) is 7.30. The van der Waals surface area contributed by atoms with Crippen LogP contribution in [0.5, 0.6) is 0 Å². The van der Waals surface area contributed by atoms with Crippen molar-refractivity contribution in [3.8, 4) is 0 Å². The van der Waals surface area contributed by atoms with E-state index in [4.69, 9.17) is 4.74 Å². The molecule has 1 heterocycles. The van der Waals surface area contributed by atoms with Gasteiger partial charge in [-0.3, -0.25) is 9.59 Å². The Kier molecular flexibility index (Phi) is 4.99. The standard InChI is InChI=1S/C14H14N2O4S/c1-2-20-14(19)11(13-15-10(17)8-21-13)16-12(18)9-6-4-3-5-7-9/h3-7H,2,8H2,1H3,(H,15,17)(H,16,18)/b13-11+. The van der Waals surface area contributed by atoms with E-state index in [9.17, 15) is 14.4 Å². The molecule has 0 aromatic heterocycles. The summed E-state index contributed by atoms with van der Waals surface area (Å²) >= 11 is 1.15. The third-order valence-electron chi connectivity index (χ3n) is 2.58. The number of rotatable bonds is 4. The zero-order valence-electron chi connectivity index (χ0n) is 11.3. The van der Waals surface area contributed by atoms with Gasteiger partial charge in [0.1, 0.15) is 5.03 Å². The first-order chi connectivity index (χ1) is 10.1. The topological polar surface area (TPSA) is 84.5 Å². The monoisotopic (exact) mass is 306 g/mol. The van der Waals surface area contributed by atoms with Crippen LogP contribution < -0.4 is 10.6 Å².